The Morgan fingerprint density at radius 3 is 3.05 bits per heavy atom. The Hall–Kier alpha value is -2.83. The molecule has 4 rings (SSSR count). The van der Waals surface area contributed by atoms with Gasteiger partial charge in [-0.25, -0.2) is 9.97 Å². The number of rotatable bonds is 1. The zero-order chi connectivity index (χ0) is 14.4. The van der Waals surface area contributed by atoms with E-state index >= 15 is 0 Å². The number of nitrogens with zero attached hydrogens (tertiary/aromatic N) is 4. The minimum absolute atomic E-state index is 0.174. The largest absolute Gasteiger partial charge is 0.397 e. The lowest BCUT2D eigenvalue weighted by Gasteiger charge is -2.30. The zero-order valence-corrected chi connectivity index (χ0v) is 11.3. The molecule has 0 saturated carbocycles. The van der Waals surface area contributed by atoms with Gasteiger partial charge in [-0.05, 0) is 12.1 Å². The summed E-state index contributed by atoms with van der Waals surface area (Å²) in [4.78, 5) is 25.1. The molecule has 2 aromatic heterocycles. The van der Waals surface area contributed by atoms with Crippen molar-refractivity contribution in [3.05, 3.63) is 47.0 Å². The highest BCUT2D eigenvalue weighted by atomic mass is 16.1. The van der Waals surface area contributed by atoms with E-state index in [9.17, 15) is 4.79 Å². The molecule has 0 aliphatic carbocycles. The van der Waals surface area contributed by atoms with Crippen molar-refractivity contribution in [2.45, 2.75) is 13.1 Å². The Morgan fingerprint density at radius 1 is 1.24 bits per heavy atom. The van der Waals surface area contributed by atoms with Crippen molar-refractivity contribution in [2.75, 3.05) is 17.2 Å². The molecular weight excluding hydrogens is 268 g/mol. The van der Waals surface area contributed by atoms with E-state index in [-0.39, 0.29) is 5.56 Å². The summed E-state index contributed by atoms with van der Waals surface area (Å²) >= 11 is 0. The molecule has 0 unspecified atom stereocenters. The van der Waals surface area contributed by atoms with Crippen LogP contribution in [0.5, 0.6) is 0 Å². The highest BCUT2D eigenvalue weighted by Gasteiger charge is 2.19. The van der Waals surface area contributed by atoms with Gasteiger partial charge in [0, 0.05) is 25.5 Å². The molecule has 0 bridgehead atoms. The number of anilines is 2. The van der Waals surface area contributed by atoms with Crippen molar-refractivity contribution >= 4 is 22.3 Å². The van der Waals surface area contributed by atoms with Gasteiger partial charge in [-0.15, -0.1) is 0 Å². The molecule has 106 valence electrons. The Kier molecular flexibility index (Phi) is 2.47. The lowest BCUT2D eigenvalue weighted by molar-refractivity contribution is 0.560. The first-order valence-corrected chi connectivity index (χ1v) is 6.74. The number of nitrogens with one attached hydrogen (secondary N) is 1. The molecule has 0 atom stereocenters. The number of hydrogen-bond acceptors (Lipinski definition) is 5. The van der Waals surface area contributed by atoms with E-state index in [1.807, 2.05) is 18.5 Å². The van der Waals surface area contributed by atoms with Crippen molar-refractivity contribution in [1.29, 1.82) is 0 Å². The number of fused-ring (bicyclic) bond motifs is 2. The maximum Gasteiger partial charge on any atom is 0.258 e. The second kappa shape index (κ2) is 4.34. The van der Waals surface area contributed by atoms with Crippen LogP contribution in [0.2, 0.25) is 0 Å². The van der Waals surface area contributed by atoms with Gasteiger partial charge in [0.15, 0.2) is 0 Å². The highest BCUT2D eigenvalue weighted by molar-refractivity contribution is 5.88. The molecular formula is C14H14N6O. The summed E-state index contributed by atoms with van der Waals surface area (Å²) in [5.41, 5.74) is 8.09. The summed E-state index contributed by atoms with van der Waals surface area (Å²) in [6, 6.07) is 3.57. The van der Waals surface area contributed by atoms with Crippen LogP contribution < -0.4 is 16.2 Å². The SMILES string of the molecule is Nc1cc2c(=O)[nH]cnc2cc1N1CCn2ccnc2C1. The fourth-order valence-corrected chi connectivity index (χ4v) is 2.77. The summed E-state index contributed by atoms with van der Waals surface area (Å²) in [7, 11) is 0. The molecule has 3 aromatic rings. The standard InChI is InChI=1S/C14H14N6O/c15-10-5-9-11(17-8-18-14(9)21)6-12(10)20-4-3-19-2-1-16-13(19)7-20/h1-2,5-6,8H,3-4,7,15H2,(H,17,18,21). The first kappa shape index (κ1) is 12.0. The molecule has 0 fully saturated rings. The van der Waals surface area contributed by atoms with Crippen LogP contribution in [-0.4, -0.2) is 26.1 Å². The fraction of sp³-hybridized carbons (Fsp3) is 0.214. The Balaban J connectivity index is 1.81. The van der Waals surface area contributed by atoms with Crippen molar-refractivity contribution in [1.82, 2.24) is 19.5 Å². The molecule has 1 aliphatic rings. The average Bonchev–Trinajstić information content (AvgIpc) is 2.95. The van der Waals surface area contributed by atoms with Gasteiger partial charge in [0.1, 0.15) is 5.82 Å². The summed E-state index contributed by atoms with van der Waals surface area (Å²) in [5, 5.41) is 0.511. The molecule has 0 spiro atoms. The molecule has 7 nitrogen and oxygen atoms in total. The monoisotopic (exact) mass is 282 g/mol. The number of hydrogen-bond donors (Lipinski definition) is 2. The quantitative estimate of drug-likeness (QED) is 0.642. The molecule has 1 aromatic carbocycles. The van der Waals surface area contributed by atoms with Crippen molar-refractivity contribution in [3.8, 4) is 0 Å². The molecule has 3 heterocycles. The van der Waals surface area contributed by atoms with Crippen LogP contribution in [0.25, 0.3) is 10.9 Å². The van der Waals surface area contributed by atoms with E-state index in [4.69, 9.17) is 5.73 Å². The molecule has 7 heteroatoms. The van der Waals surface area contributed by atoms with E-state index in [0.717, 1.165) is 24.6 Å². The summed E-state index contributed by atoms with van der Waals surface area (Å²) in [6.45, 7) is 2.42. The number of benzene rings is 1. The molecule has 0 amide bonds. The normalized spacial score (nSPS) is 14.4. The lowest BCUT2D eigenvalue weighted by Crippen LogP contribution is -2.34. The van der Waals surface area contributed by atoms with Gasteiger partial charge >= 0.3 is 0 Å². The topological polar surface area (TPSA) is 92.8 Å². The van der Waals surface area contributed by atoms with E-state index in [1.54, 1.807) is 6.07 Å². The van der Waals surface area contributed by atoms with Crippen molar-refractivity contribution < 1.29 is 0 Å². The van der Waals surface area contributed by atoms with Gasteiger partial charge in [-0.1, -0.05) is 0 Å². The summed E-state index contributed by atoms with van der Waals surface area (Å²) < 4.78 is 2.14. The first-order chi connectivity index (χ1) is 10.2. The van der Waals surface area contributed by atoms with E-state index in [0.29, 0.717) is 23.1 Å². The van der Waals surface area contributed by atoms with Gasteiger partial charge in [0.25, 0.3) is 5.56 Å². The van der Waals surface area contributed by atoms with Crippen LogP contribution in [0.4, 0.5) is 11.4 Å². The third kappa shape index (κ3) is 1.85. The van der Waals surface area contributed by atoms with Crippen molar-refractivity contribution in [3.63, 3.8) is 0 Å². The number of aromatic amines is 1. The number of H-pyrrole nitrogens is 1. The van der Waals surface area contributed by atoms with Gasteiger partial charge in [0.2, 0.25) is 0 Å². The fourth-order valence-electron chi connectivity index (χ4n) is 2.77. The third-order valence-corrected chi connectivity index (χ3v) is 3.87. The molecule has 21 heavy (non-hydrogen) atoms. The van der Waals surface area contributed by atoms with Gasteiger partial charge in [-0.2, -0.15) is 0 Å². The zero-order valence-electron chi connectivity index (χ0n) is 11.3. The van der Waals surface area contributed by atoms with Crippen molar-refractivity contribution in [2.24, 2.45) is 0 Å². The molecule has 3 N–H and O–H groups in total. The summed E-state index contributed by atoms with van der Waals surface area (Å²) in [5.74, 6) is 1.01. The average molecular weight is 282 g/mol. The van der Waals surface area contributed by atoms with Gasteiger partial charge in [0.05, 0.1) is 35.1 Å². The first-order valence-electron chi connectivity index (χ1n) is 6.74. The minimum atomic E-state index is -0.174. The smallest absolute Gasteiger partial charge is 0.258 e. The molecule has 0 radical (unpaired) electrons. The van der Waals surface area contributed by atoms with E-state index in [1.165, 1.54) is 6.33 Å². The predicted molar refractivity (Wildman–Crippen MR) is 80.1 cm³/mol. The highest BCUT2D eigenvalue weighted by Crippen LogP contribution is 2.29. The molecule has 0 saturated heterocycles. The van der Waals surface area contributed by atoms with Crippen LogP contribution in [0, 0.1) is 0 Å². The van der Waals surface area contributed by atoms with E-state index in [2.05, 4.69) is 24.4 Å². The van der Waals surface area contributed by atoms with E-state index < -0.39 is 0 Å². The van der Waals surface area contributed by atoms with Gasteiger partial charge < -0.3 is 20.2 Å². The lowest BCUT2D eigenvalue weighted by atomic mass is 10.1. The number of nitrogens with two attached hydrogens (primary N) is 1. The number of nitrogen functional groups attached to an aromatic ring is 1. The maximum atomic E-state index is 11.8. The van der Waals surface area contributed by atoms with Crippen LogP contribution in [0.3, 0.4) is 0 Å². The summed E-state index contributed by atoms with van der Waals surface area (Å²) in [6.07, 6.45) is 5.20. The number of imidazole rings is 1. The third-order valence-electron chi connectivity index (χ3n) is 3.87. The Morgan fingerprint density at radius 2 is 2.14 bits per heavy atom. The van der Waals surface area contributed by atoms with Crippen LogP contribution in [0.15, 0.2) is 35.6 Å². The molecule has 1 aliphatic heterocycles. The Labute approximate surface area is 120 Å². The predicted octanol–water partition coefficient (Wildman–Crippen LogP) is 0.722. The second-order valence-electron chi connectivity index (χ2n) is 5.12. The van der Waals surface area contributed by atoms with Crippen LogP contribution in [-0.2, 0) is 13.1 Å². The van der Waals surface area contributed by atoms with Crippen LogP contribution >= 0.6 is 0 Å². The Bertz CT molecular complexity index is 881. The van der Waals surface area contributed by atoms with Gasteiger partial charge in [-0.3, -0.25) is 4.79 Å². The van der Waals surface area contributed by atoms with Crippen LogP contribution in [0.1, 0.15) is 5.82 Å². The second-order valence-corrected chi connectivity index (χ2v) is 5.12. The number of aromatic nitrogens is 4. The minimum Gasteiger partial charge on any atom is -0.397 e. The maximum absolute atomic E-state index is 11.8.